The number of amides is 1. The van der Waals surface area contributed by atoms with Gasteiger partial charge in [0.25, 0.3) is 17.4 Å². The highest BCUT2D eigenvalue weighted by Gasteiger charge is 2.34. The van der Waals surface area contributed by atoms with Gasteiger partial charge in [-0.05, 0) is 48.7 Å². The van der Waals surface area contributed by atoms with E-state index in [-0.39, 0.29) is 35.0 Å². The van der Waals surface area contributed by atoms with E-state index in [1.165, 1.54) is 62.3 Å². The molecule has 0 fully saturated rings. The first-order chi connectivity index (χ1) is 22.6. The number of hydrogen-bond donors (Lipinski definition) is 3. The second-order valence-electron chi connectivity index (χ2n) is 11.4. The Morgan fingerprint density at radius 3 is 2.46 bits per heavy atom. The van der Waals surface area contributed by atoms with E-state index in [2.05, 4.69) is 20.6 Å². The average Bonchev–Trinajstić information content (AvgIpc) is 3.04. The summed E-state index contributed by atoms with van der Waals surface area (Å²) in [6.07, 6.45) is 3.78. The van der Waals surface area contributed by atoms with E-state index in [0.717, 1.165) is 10.6 Å². The largest absolute Gasteiger partial charge is 0.480 e. The minimum atomic E-state index is -3.26. The molecule has 5 rings (SSSR count). The number of alkyl halides is 2. The first-order valence-corrected chi connectivity index (χ1v) is 14.7. The first-order valence-electron chi connectivity index (χ1n) is 14.7. The van der Waals surface area contributed by atoms with E-state index in [0.29, 0.717) is 23.4 Å². The fourth-order valence-corrected chi connectivity index (χ4v) is 5.64. The van der Waals surface area contributed by atoms with E-state index >= 15 is 8.78 Å². The molecule has 0 saturated carbocycles. The van der Waals surface area contributed by atoms with Gasteiger partial charge in [0.05, 0.1) is 45.6 Å². The van der Waals surface area contributed by atoms with E-state index < -0.39 is 64.0 Å². The van der Waals surface area contributed by atoms with Crippen LogP contribution in [-0.2, 0) is 18.3 Å². The molecule has 2 aromatic carbocycles. The first kappa shape index (κ1) is 33.8. The lowest BCUT2D eigenvalue weighted by Gasteiger charge is -2.25. The molecule has 1 amide bonds. The van der Waals surface area contributed by atoms with Crippen molar-refractivity contribution in [2.45, 2.75) is 51.6 Å². The zero-order chi connectivity index (χ0) is 35.1. The molecule has 3 N–H and O–H groups in total. The van der Waals surface area contributed by atoms with Gasteiger partial charge in [-0.2, -0.15) is 0 Å². The lowest BCUT2D eigenvalue weighted by molar-refractivity contribution is -0.139. The average molecular weight is 667 g/mol. The van der Waals surface area contributed by atoms with Gasteiger partial charge >= 0.3 is 11.7 Å². The van der Waals surface area contributed by atoms with E-state index in [1.54, 1.807) is 12.1 Å². The number of aryl methyl sites for hydroxylation is 2. The lowest BCUT2D eigenvalue weighted by Crippen LogP contribution is -2.43. The number of benzene rings is 2. The Labute approximate surface area is 269 Å². The predicted octanol–water partition coefficient (Wildman–Crippen LogP) is 4.49. The van der Waals surface area contributed by atoms with Crippen LogP contribution in [0.5, 0.6) is 0 Å². The second-order valence-corrected chi connectivity index (χ2v) is 11.4. The fraction of sp³-hybridized carbons (Fsp3) is 0.273. The quantitative estimate of drug-likeness (QED) is 0.185. The van der Waals surface area contributed by atoms with E-state index in [4.69, 9.17) is 0 Å². The molecule has 2 atom stereocenters. The van der Waals surface area contributed by atoms with Gasteiger partial charge in [0.15, 0.2) is 11.6 Å². The molecule has 5 aromatic rings. The number of rotatable bonds is 10. The van der Waals surface area contributed by atoms with Gasteiger partial charge in [0, 0.05) is 38.2 Å². The summed E-state index contributed by atoms with van der Waals surface area (Å²) in [4.78, 5) is 60.6. The number of pyridine rings is 2. The Balaban J connectivity index is 1.50. The number of carboxylic acids is 1. The van der Waals surface area contributed by atoms with Gasteiger partial charge in [-0.3, -0.25) is 24.1 Å². The standard InChI is InChI=1S/C33H30F4N6O5/c1-5-24(33(3,36)37)40-20-13-16(2)25(27(35)26(20)34)29(44)41-21(31(46)47)14-17-8-9-22(28-18(17)7-6-11-39-28)43-30(45)19-10-12-38-15-23(19)42(4)32(43)48/h6-13,15,21,24,40H,5,14H2,1-4H3,(H,41,44)(H,46,47)/t21-,24+/m0/s1. The van der Waals surface area contributed by atoms with Crippen LogP contribution >= 0.6 is 0 Å². The van der Waals surface area contributed by atoms with Crippen LogP contribution < -0.4 is 21.9 Å². The van der Waals surface area contributed by atoms with Gasteiger partial charge in [0.1, 0.15) is 6.04 Å². The van der Waals surface area contributed by atoms with Gasteiger partial charge in [-0.1, -0.05) is 19.1 Å². The molecule has 0 aliphatic rings. The van der Waals surface area contributed by atoms with Crippen molar-refractivity contribution in [3.8, 4) is 5.69 Å². The summed E-state index contributed by atoms with van der Waals surface area (Å²) in [6, 6.07) is 5.37. The minimum absolute atomic E-state index is 0.106. The number of anilines is 1. The van der Waals surface area contributed by atoms with Crippen molar-refractivity contribution in [2.24, 2.45) is 7.05 Å². The SMILES string of the molecule is CC[C@@H](Nc1cc(C)c(C(=O)N[C@@H](Cc2ccc(-n3c(=O)c4ccncc4n(C)c3=O)c3ncccc23)C(=O)O)c(F)c1F)C(C)(F)F. The van der Waals surface area contributed by atoms with Crippen LogP contribution in [-0.4, -0.2) is 54.1 Å². The number of aromatic nitrogens is 4. The molecule has 15 heteroatoms. The summed E-state index contributed by atoms with van der Waals surface area (Å²) in [5.41, 5.74) is -1.79. The molecule has 0 saturated heterocycles. The van der Waals surface area contributed by atoms with Crippen LogP contribution in [0.1, 0.15) is 41.8 Å². The summed E-state index contributed by atoms with van der Waals surface area (Å²) in [5, 5.41) is 15.1. The van der Waals surface area contributed by atoms with E-state index in [9.17, 15) is 33.1 Å². The van der Waals surface area contributed by atoms with Crippen LogP contribution in [0.3, 0.4) is 0 Å². The summed E-state index contributed by atoms with van der Waals surface area (Å²) >= 11 is 0. The summed E-state index contributed by atoms with van der Waals surface area (Å²) < 4.78 is 60.2. The number of carbonyl (C=O) groups is 2. The second kappa shape index (κ2) is 12.9. The number of hydrogen-bond acceptors (Lipinski definition) is 7. The van der Waals surface area contributed by atoms with Crippen molar-refractivity contribution in [1.29, 1.82) is 0 Å². The maximum atomic E-state index is 15.2. The van der Waals surface area contributed by atoms with Crippen molar-refractivity contribution in [2.75, 3.05) is 5.32 Å². The summed E-state index contributed by atoms with van der Waals surface area (Å²) in [5.74, 6) is -9.20. The Morgan fingerprint density at radius 2 is 1.79 bits per heavy atom. The topological polar surface area (TPSA) is 148 Å². The molecule has 0 radical (unpaired) electrons. The Hall–Kier alpha value is -5.60. The third kappa shape index (κ3) is 6.10. The normalized spacial score (nSPS) is 13.0. The minimum Gasteiger partial charge on any atom is -0.480 e. The molecule has 0 bridgehead atoms. The number of carboxylic acid groups (broad SMARTS) is 1. The molecule has 0 aliphatic carbocycles. The van der Waals surface area contributed by atoms with Crippen LogP contribution in [0.15, 0.2) is 64.6 Å². The van der Waals surface area contributed by atoms with Crippen molar-refractivity contribution < 1.29 is 32.3 Å². The molecule has 0 unspecified atom stereocenters. The predicted molar refractivity (Wildman–Crippen MR) is 170 cm³/mol. The van der Waals surface area contributed by atoms with Crippen molar-refractivity contribution >= 4 is 39.4 Å². The zero-order valence-electron chi connectivity index (χ0n) is 26.1. The van der Waals surface area contributed by atoms with Crippen molar-refractivity contribution in [3.63, 3.8) is 0 Å². The maximum Gasteiger partial charge on any atom is 0.335 e. The highest BCUT2D eigenvalue weighted by molar-refractivity contribution is 5.99. The van der Waals surface area contributed by atoms with Gasteiger partial charge < -0.3 is 15.7 Å². The van der Waals surface area contributed by atoms with Crippen molar-refractivity contribution in [3.05, 3.63) is 104 Å². The van der Waals surface area contributed by atoms with Gasteiger partial charge in [0.2, 0.25) is 0 Å². The smallest absolute Gasteiger partial charge is 0.335 e. The molecule has 3 aromatic heterocycles. The van der Waals surface area contributed by atoms with Crippen LogP contribution in [0.2, 0.25) is 0 Å². The highest BCUT2D eigenvalue weighted by atomic mass is 19.3. The van der Waals surface area contributed by atoms with Gasteiger partial charge in [-0.25, -0.2) is 31.7 Å². The molecular weight excluding hydrogens is 636 g/mol. The Bertz CT molecular complexity index is 2210. The van der Waals surface area contributed by atoms with Crippen LogP contribution in [0, 0.1) is 18.6 Å². The van der Waals surface area contributed by atoms with Gasteiger partial charge in [-0.15, -0.1) is 0 Å². The Kier molecular flexibility index (Phi) is 9.07. The van der Waals surface area contributed by atoms with E-state index in [1.807, 2.05) is 0 Å². The molecule has 3 heterocycles. The highest BCUT2D eigenvalue weighted by Crippen LogP contribution is 2.30. The summed E-state index contributed by atoms with van der Waals surface area (Å²) in [6.45, 7) is 3.34. The number of carbonyl (C=O) groups excluding carboxylic acids is 1. The number of fused-ring (bicyclic) bond motifs is 2. The molecule has 48 heavy (non-hydrogen) atoms. The third-order valence-electron chi connectivity index (χ3n) is 8.16. The Morgan fingerprint density at radius 1 is 1.06 bits per heavy atom. The number of halogens is 4. The number of aliphatic carboxylic acids is 1. The molecule has 11 nitrogen and oxygen atoms in total. The third-order valence-corrected chi connectivity index (χ3v) is 8.16. The van der Waals surface area contributed by atoms with Crippen LogP contribution in [0.25, 0.3) is 27.5 Å². The van der Waals surface area contributed by atoms with Crippen molar-refractivity contribution in [1.82, 2.24) is 24.4 Å². The fourth-order valence-electron chi connectivity index (χ4n) is 5.64. The molecule has 250 valence electrons. The maximum absolute atomic E-state index is 15.2. The summed E-state index contributed by atoms with van der Waals surface area (Å²) in [7, 11) is 1.48. The number of nitrogens with one attached hydrogen (secondary N) is 2. The molecular formula is C33H30F4N6O5. The van der Waals surface area contributed by atoms with Crippen LogP contribution in [0.4, 0.5) is 23.2 Å². The zero-order valence-corrected chi connectivity index (χ0v) is 26.1. The molecule has 0 spiro atoms. The number of nitrogens with zero attached hydrogens (tertiary/aromatic N) is 4. The monoisotopic (exact) mass is 666 g/mol. The lowest BCUT2D eigenvalue weighted by atomic mass is 9.99. The molecule has 0 aliphatic heterocycles.